The fraction of sp³-hybridized carbons (Fsp3) is 0.818. The highest BCUT2D eigenvalue weighted by Gasteiger charge is 2.16. The average molecular weight is 305 g/mol. The molecule has 0 aliphatic heterocycles. The van der Waals surface area contributed by atoms with E-state index in [2.05, 4.69) is 27.1 Å². The molecule has 0 aromatic carbocycles. The molecular formula is C11H23N5O3S. The fourth-order valence-electron chi connectivity index (χ4n) is 1.55. The third-order valence-corrected chi connectivity index (χ3v) is 4.27. The van der Waals surface area contributed by atoms with Gasteiger partial charge in [0.15, 0.2) is 6.33 Å². The molecule has 1 aromatic rings. The van der Waals surface area contributed by atoms with Crippen LogP contribution >= 0.6 is 0 Å². The van der Waals surface area contributed by atoms with Crippen LogP contribution in [-0.4, -0.2) is 56.1 Å². The average Bonchev–Trinajstić information content (AvgIpc) is 2.91. The number of rotatable bonds is 11. The van der Waals surface area contributed by atoms with E-state index in [-0.39, 0.29) is 6.54 Å². The quantitative estimate of drug-likeness (QED) is 0.548. The highest BCUT2D eigenvalue weighted by atomic mass is 32.2. The summed E-state index contributed by atoms with van der Waals surface area (Å²) in [5, 5.41) is 6.69. The van der Waals surface area contributed by atoms with Gasteiger partial charge in [-0.25, -0.2) is 4.72 Å². The molecule has 1 heterocycles. The maximum Gasteiger partial charge on any atom is 0.279 e. The summed E-state index contributed by atoms with van der Waals surface area (Å²) < 4.78 is 32.4. The van der Waals surface area contributed by atoms with Crippen LogP contribution in [0, 0.1) is 0 Å². The van der Waals surface area contributed by atoms with Gasteiger partial charge in [0.25, 0.3) is 10.2 Å². The Labute approximate surface area is 120 Å². The monoisotopic (exact) mass is 305 g/mol. The molecule has 8 nitrogen and oxygen atoms in total. The summed E-state index contributed by atoms with van der Waals surface area (Å²) in [5.41, 5.74) is 0. The molecule has 0 saturated carbocycles. The van der Waals surface area contributed by atoms with Gasteiger partial charge >= 0.3 is 0 Å². The molecule has 9 heteroatoms. The maximum absolute atomic E-state index is 11.9. The normalized spacial score (nSPS) is 12.2. The van der Waals surface area contributed by atoms with Crippen LogP contribution in [-0.2, 0) is 16.6 Å². The molecule has 0 radical (unpaired) electrons. The minimum absolute atomic E-state index is 0.239. The predicted octanol–water partition coefficient (Wildman–Crippen LogP) is -0.232. The highest BCUT2D eigenvalue weighted by molar-refractivity contribution is 7.87. The molecule has 2 N–H and O–H groups in total. The highest BCUT2D eigenvalue weighted by Crippen LogP contribution is 1.97. The molecule has 0 bridgehead atoms. The SMILES string of the molecule is CCCNCCCN(C)S(=O)(=O)NCCc1ncno1. The third-order valence-electron chi connectivity index (χ3n) is 2.69. The molecular weight excluding hydrogens is 282 g/mol. The van der Waals surface area contributed by atoms with Crippen molar-refractivity contribution in [2.24, 2.45) is 0 Å². The lowest BCUT2D eigenvalue weighted by Gasteiger charge is -2.17. The second-order valence-corrected chi connectivity index (χ2v) is 6.27. The van der Waals surface area contributed by atoms with Gasteiger partial charge in [-0.3, -0.25) is 0 Å². The molecule has 116 valence electrons. The lowest BCUT2D eigenvalue weighted by atomic mass is 10.4. The summed E-state index contributed by atoms with van der Waals surface area (Å²) in [6.45, 7) is 4.58. The summed E-state index contributed by atoms with van der Waals surface area (Å²) in [4.78, 5) is 3.82. The van der Waals surface area contributed by atoms with Crippen LogP contribution < -0.4 is 10.0 Å². The van der Waals surface area contributed by atoms with Gasteiger partial charge in [0.1, 0.15) is 0 Å². The molecule has 0 aliphatic rings. The third kappa shape index (κ3) is 6.42. The Morgan fingerprint density at radius 1 is 1.35 bits per heavy atom. The van der Waals surface area contributed by atoms with Crippen molar-refractivity contribution in [3.63, 3.8) is 0 Å². The van der Waals surface area contributed by atoms with Gasteiger partial charge < -0.3 is 9.84 Å². The molecule has 0 atom stereocenters. The molecule has 0 aliphatic carbocycles. The Kier molecular flexibility index (Phi) is 7.67. The van der Waals surface area contributed by atoms with Crippen LogP contribution in [0.25, 0.3) is 0 Å². The van der Waals surface area contributed by atoms with Gasteiger partial charge in [-0.2, -0.15) is 17.7 Å². The number of hydrogen-bond acceptors (Lipinski definition) is 6. The van der Waals surface area contributed by atoms with E-state index in [0.717, 1.165) is 25.9 Å². The first-order chi connectivity index (χ1) is 9.56. The van der Waals surface area contributed by atoms with E-state index in [1.54, 1.807) is 7.05 Å². The summed E-state index contributed by atoms with van der Waals surface area (Å²) in [6.07, 6.45) is 3.52. The molecule has 0 unspecified atom stereocenters. The molecule has 20 heavy (non-hydrogen) atoms. The van der Waals surface area contributed by atoms with E-state index in [1.165, 1.54) is 10.6 Å². The van der Waals surface area contributed by atoms with E-state index >= 15 is 0 Å². The Hall–Kier alpha value is -1.03. The van der Waals surface area contributed by atoms with Crippen molar-refractivity contribution in [2.45, 2.75) is 26.2 Å². The van der Waals surface area contributed by atoms with Crippen molar-refractivity contribution in [3.05, 3.63) is 12.2 Å². The zero-order valence-corrected chi connectivity index (χ0v) is 12.8. The molecule has 1 rings (SSSR count). The zero-order chi connectivity index (χ0) is 14.8. The van der Waals surface area contributed by atoms with Crippen molar-refractivity contribution in [2.75, 3.05) is 33.2 Å². The van der Waals surface area contributed by atoms with Crippen LogP contribution in [0.15, 0.2) is 10.9 Å². The topological polar surface area (TPSA) is 100 Å². The molecule has 0 amide bonds. The number of aromatic nitrogens is 2. The number of hydrogen-bond donors (Lipinski definition) is 2. The van der Waals surface area contributed by atoms with Gasteiger partial charge in [-0.1, -0.05) is 12.1 Å². The summed E-state index contributed by atoms with van der Waals surface area (Å²) in [7, 11) is -1.88. The van der Waals surface area contributed by atoms with E-state index < -0.39 is 10.2 Å². The summed E-state index contributed by atoms with van der Waals surface area (Å²) in [5.74, 6) is 0.416. The van der Waals surface area contributed by atoms with E-state index in [9.17, 15) is 8.42 Å². The van der Waals surface area contributed by atoms with E-state index in [4.69, 9.17) is 4.52 Å². The second kappa shape index (κ2) is 9.01. The standard InChI is InChI=1S/C11H23N5O3S/c1-3-6-12-7-4-9-16(2)20(17,18)15-8-5-11-13-10-14-19-11/h10,12,15H,3-9H2,1-2H3. The van der Waals surface area contributed by atoms with Crippen molar-refractivity contribution in [3.8, 4) is 0 Å². The van der Waals surface area contributed by atoms with Crippen LogP contribution in [0.5, 0.6) is 0 Å². The van der Waals surface area contributed by atoms with Crippen molar-refractivity contribution < 1.29 is 12.9 Å². The first kappa shape index (κ1) is 17.0. The fourth-order valence-corrected chi connectivity index (χ4v) is 2.50. The van der Waals surface area contributed by atoms with Crippen molar-refractivity contribution in [1.29, 1.82) is 0 Å². The molecule has 0 saturated heterocycles. The molecule has 0 spiro atoms. The number of nitrogens with one attached hydrogen (secondary N) is 2. The van der Waals surface area contributed by atoms with Gasteiger partial charge in [0.2, 0.25) is 5.89 Å². The van der Waals surface area contributed by atoms with Gasteiger partial charge in [0.05, 0.1) is 0 Å². The van der Waals surface area contributed by atoms with Crippen LogP contribution in [0.1, 0.15) is 25.7 Å². The lowest BCUT2D eigenvalue weighted by molar-refractivity contribution is 0.376. The largest absolute Gasteiger partial charge is 0.340 e. The molecule has 1 aromatic heterocycles. The lowest BCUT2D eigenvalue weighted by Crippen LogP contribution is -2.40. The maximum atomic E-state index is 11.9. The Balaban J connectivity index is 2.21. The van der Waals surface area contributed by atoms with Crippen molar-refractivity contribution in [1.82, 2.24) is 24.5 Å². The van der Waals surface area contributed by atoms with Gasteiger partial charge in [-0.05, 0) is 25.9 Å². The van der Waals surface area contributed by atoms with Crippen LogP contribution in [0.4, 0.5) is 0 Å². The van der Waals surface area contributed by atoms with Gasteiger partial charge in [0, 0.05) is 26.6 Å². The Morgan fingerprint density at radius 3 is 2.80 bits per heavy atom. The second-order valence-electron chi connectivity index (χ2n) is 4.41. The predicted molar refractivity (Wildman–Crippen MR) is 75.3 cm³/mol. The van der Waals surface area contributed by atoms with Crippen LogP contribution in [0.2, 0.25) is 0 Å². The first-order valence-electron chi connectivity index (χ1n) is 6.73. The summed E-state index contributed by atoms with van der Waals surface area (Å²) >= 11 is 0. The van der Waals surface area contributed by atoms with Crippen LogP contribution in [0.3, 0.4) is 0 Å². The Morgan fingerprint density at radius 2 is 2.15 bits per heavy atom. The minimum atomic E-state index is -3.44. The van der Waals surface area contributed by atoms with E-state index in [0.29, 0.717) is 18.9 Å². The zero-order valence-electron chi connectivity index (χ0n) is 12.0. The Bertz CT molecular complexity index is 449. The van der Waals surface area contributed by atoms with Gasteiger partial charge in [-0.15, -0.1) is 0 Å². The van der Waals surface area contributed by atoms with E-state index in [1.807, 2.05) is 0 Å². The minimum Gasteiger partial charge on any atom is -0.340 e. The van der Waals surface area contributed by atoms with Crippen molar-refractivity contribution >= 4 is 10.2 Å². The number of nitrogens with zero attached hydrogens (tertiary/aromatic N) is 3. The summed E-state index contributed by atoms with van der Waals surface area (Å²) in [6, 6.07) is 0. The first-order valence-corrected chi connectivity index (χ1v) is 8.17. The molecule has 0 fully saturated rings. The smallest absolute Gasteiger partial charge is 0.279 e.